The highest BCUT2D eigenvalue weighted by Crippen LogP contribution is 2.18. The Kier molecular flexibility index (Phi) is 5.54. The van der Waals surface area contributed by atoms with E-state index in [9.17, 15) is 4.79 Å². The minimum Gasteiger partial charge on any atom is -0.309 e. The van der Waals surface area contributed by atoms with Crippen molar-refractivity contribution in [2.75, 3.05) is 20.6 Å². The molecule has 0 spiro atoms. The van der Waals surface area contributed by atoms with Gasteiger partial charge < -0.3 is 4.90 Å². The number of nitrogens with zero attached hydrogens (tertiary/aromatic N) is 1. The maximum absolute atomic E-state index is 12.7. The lowest BCUT2D eigenvalue weighted by Gasteiger charge is -2.20. The summed E-state index contributed by atoms with van der Waals surface area (Å²) < 4.78 is 0. The Balaban J connectivity index is 2.18. The molecule has 0 amide bonds. The van der Waals surface area contributed by atoms with Gasteiger partial charge in [0.1, 0.15) is 0 Å². The minimum absolute atomic E-state index is 0.0522. The molecule has 2 aromatic rings. The summed E-state index contributed by atoms with van der Waals surface area (Å²) in [6.07, 6.45) is 0.750. The summed E-state index contributed by atoms with van der Waals surface area (Å²) in [5, 5.41) is 0.652. The van der Waals surface area contributed by atoms with Crippen molar-refractivity contribution in [2.45, 2.75) is 6.42 Å². The van der Waals surface area contributed by atoms with Crippen LogP contribution in [-0.4, -0.2) is 31.3 Å². The smallest absolute Gasteiger partial charge is 0.167 e. The first kappa shape index (κ1) is 15.7. The molecule has 3 heteroatoms. The zero-order valence-electron chi connectivity index (χ0n) is 12.4. The molecule has 0 fully saturated rings. The molecule has 0 saturated carbocycles. The normalized spacial score (nSPS) is 12.4. The zero-order valence-corrected chi connectivity index (χ0v) is 13.2. The molecule has 0 saturated heterocycles. The summed E-state index contributed by atoms with van der Waals surface area (Å²) in [6.45, 7) is 0.732. The van der Waals surface area contributed by atoms with E-state index in [-0.39, 0.29) is 11.7 Å². The van der Waals surface area contributed by atoms with Crippen molar-refractivity contribution in [3.63, 3.8) is 0 Å². The standard InChI is InChI=1S/C18H20ClNO/c1-20(2)13-16(12-14-6-4-3-5-7-14)18(21)15-8-10-17(19)11-9-15/h3-11,16H,12-13H2,1-2H3. The van der Waals surface area contributed by atoms with E-state index in [1.165, 1.54) is 5.56 Å². The average Bonchev–Trinajstić information content (AvgIpc) is 2.47. The number of hydrogen-bond donors (Lipinski definition) is 0. The Morgan fingerprint density at radius 3 is 2.24 bits per heavy atom. The fourth-order valence-electron chi connectivity index (χ4n) is 2.43. The Bertz CT molecular complexity index is 578. The van der Waals surface area contributed by atoms with Crippen LogP contribution in [0.3, 0.4) is 0 Å². The summed E-state index contributed by atoms with van der Waals surface area (Å²) in [5.74, 6) is 0.118. The van der Waals surface area contributed by atoms with E-state index in [0.717, 1.165) is 18.5 Å². The third kappa shape index (κ3) is 4.69. The van der Waals surface area contributed by atoms with Gasteiger partial charge in [-0.2, -0.15) is 0 Å². The van der Waals surface area contributed by atoms with Gasteiger partial charge in [-0.1, -0.05) is 41.9 Å². The number of halogens is 1. The van der Waals surface area contributed by atoms with Crippen LogP contribution in [0, 0.1) is 5.92 Å². The van der Waals surface area contributed by atoms with Crippen LogP contribution in [0.25, 0.3) is 0 Å². The molecule has 110 valence electrons. The van der Waals surface area contributed by atoms with Gasteiger partial charge in [0.05, 0.1) is 0 Å². The van der Waals surface area contributed by atoms with Crippen LogP contribution in [0.15, 0.2) is 54.6 Å². The second kappa shape index (κ2) is 7.39. The predicted molar refractivity (Wildman–Crippen MR) is 88.0 cm³/mol. The fourth-order valence-corrected chi connectivity index (χ4v) is 2.56. The Hall–Kier alpha value is -1.64. The van der Waals surface area contributed by atoms with Crippen molar-refractivity contribution in [1.29, 1.82) is 0 Å². The summed E-state index contributed by atoms with van der Waals surface area (Å²) in [4.78, 5) is 14.8. The molecule has 1 unspecified atom stereocenters. The van der Waals surface area contributed by atoms with Crippen molar-refractivity contribution in [3.8, 4) is 0 Å². The van der Waals surface area contributed by atoms with Gasteiger partial charge in [-0.15, -0.1) is 0 Å². The molecule has 0 bridgehead atoms. The SMILES string of the molecule is CN(C)CC(Cc1ccccc1)C(=O)c1ccc(Cl)cc1. The molecule has 21 heavy (non-hydrogen) atoms. The van der Waals surface area contributed by atoms with E-state index in [1.54, 1.807) is 24.3 Å². The van der Waals surface area contributed by atoms with Crippen LogP contribution in [0.5, 0.6) is 0 Å². The van der Waals surface area contributed by atoms with Crippen molar-refractivity contribution >= 4 is 17.4 Å². The van der Waals surface area contributed by atoms with E-state index in [4.69, 9.17) is 11.6 Å². The molecule has 0 aliphatic carbocycles. The third-order valence-electron chi connectivity index (χ3n) is 3.41. The Morgan fingerprint density at radius 2 is 1.67 bits per heavy atom. The minimum atomic E-state index is -0.0522. The van der Waals surface area contributed by atoms with E-state index >= 15 is 0 Å². The molecule has 0 aliphatic heterocycles. The number of ketones is 1. The van der Waals surface area contributed by atoms with Crippen molar-refractivity contribution in [1.82, 2.24) is 4.90 Å². The molecule has 0 aromatic heterocycles. The number of Topliss-reactive ketones (excluding diaryl/α,β-unsaturated/α-hetero) is 1. The summed E-state index contributed by atoms with van der Waals surface area (Å²) in [5.41, 5.74) is 1.91. The topological polar surface area (TPSA) is 20.3 Å². The average molecular weight is 302 g/mol. The molecule has 0 radical (unpaired) electrons. The molecular formula is C18H20ClNO. The van der Waals surface area contributed by atoms with E-state index < -0.39 is 0 Å². The van der Waals surface area contributed by atoms with E-state index in [2.05, 4.69) is 17.0 Å². The fraction of sp³-hybridized carbons (Fsp3) is 0.278. The van der Waals surface area contributed by atoms with Crippen LogP contribution in [-0.2, 0) is 6.42 Å². The van der Waals surface area contributed by atoms with Crippen molar-refractivity contribution in [2.24, 2.45) is 5.92 Å². The number of hydrogen-bond acceptors (Lipinski definition) is 2. The highest BCUT2D eigenvalue weighted by atomic mass is 35.5. The van der Waals surface area contributed by atoms with Gasteiger partial charge in [-0.25, -0.2) is 0 Å². The van der Waals surface area contributed by atoms with Gasteiger partial charge in [0.25, 0.3) is 0 Å². The molecular weight excluding hydrogens is 282 g/mol. The first-order valence-corrected chi connectivity index (χ1v) is 7.42. The van der Waals surface area contributed by atoms with Gasteiger partial charge >= 0.3 is 0 Å². The lowest BCUT2D eigenvalue weighted by molar-refractivity contribution is 0.0896. The number of rotatable bonds is 6. The lowest BCUT2D eigenvalue weighted by Crippen LogP contribution is -2.29. The van der Waals surface area contributed by atoms with Crippen LogP contribution in [0.2, 0.25) is 5.02 Å². The molecule has 1 atom stereocenters. The molecule has 0 N–H and O–H groups in total. The quantitative estimate of drug-likeness (QED) is 0.753. The lowest BCUT2D eigenvalue weighted by atomic mass is 9.91. The predicted octanol–water partition coefficient (Wildman–Crippen LogP) is 3.94. The van der Waals surface area contributed by atoms with Crippen LogP contribution in [0.4, 0.5) is 0 Å². The van der Waals surface area contributed by atoms with Crippen molar-refractivity contribution < 1.29 is 4.79 Å². The van der Waals surface area contributed by atoms with Gasteiger partial charge in [0, 0.05) is 23.0 Å². The summed E-state index contributed by atoms with van der Waals surface area (Å²) in [6, 6.07) is 17.3. The van der Waals surface area contributed by atoms with Crippen LogP contribution >= 0.6 is 11.6 Å². The molecule has 2 rings (SSSR count). The largest absolute Gasteiger partial charge is 0.309 e. The Morgan fingerprint density at radius 1 is 1.05 bits per heavy atom. The zero-order chi connectivity index (χ0) is 15.2. The van der Waals surface area contributed by atoms with E-state index in [0.29, 0.717) is 5.02 Å². The maximum atomic E-state index is 12.7. The van der Waals surface area contributed by atoms with E-state index in [1.807, 2.05) is 32.3 Å². The summed E-state index contributed by atoms with van der Waals surface area (Å²) in [7, 11) is 3.99. The first-order chi connectivity index (χ1) is 10.1. The second-order valence-corrected chi connectivity index (χ2v) is 5.96. The highest BCUT2D eigenvalue weighted by Gasteiger charge is 2.21. The van der Waals surface area contributed by atoms with Crippen molar-refractivity contribution in [3.05, 3.63) is 70.7 Å². The maximum Gasteiger partial charge on any atom is 0.167 e. The first-order valence-electron chi connectivity index (χ1n) is 7.04. The Labute approximate surface area is 131 Å². The van der Waals surface area contributed by atoms with Crippen LogP contribution < -0.4 is 0 Å². The molecule has 0 aliphatic rings. The highest BCUT2D eigenvalue weighted by molar-refractivity contribution is 6.30. The van der Waals surface area contributed by atoms with Gasteiger partial charge in [0.2, 0.25) is 0 Å². The third-order valence-corrected chi connectivity index (χ3v) is 3.66. The number of carbonyl (C=O) groups excluding carboxylic acids is 1. The second-order valence-electron chi connectivity index (χ2n) is 5.52. The summed E-state index contributed by atoms with van der Waals surface area (Å²) >= 11 is 5.89. The number of carbonyl (C=O) groups is 1. The van der Waals surface area contributed by atoms with Gasteiger partial charge in [0.15, 0.2) is 5.78 Å². The van der Waals surface area contributed by atoms with Gasteiger partial charge in [-0.3, -0.25) is 4.79 Å². The molecule has 2 nitrogen and oxygen atoms in total. The van der Waals surface area contributed by atoms with Gasteiger partial charge in [-0.05, 0) is 50.3 Å². The molecule has 0 heterocycles. The number of benzene rings is 2. The van der Waals surface area contributed by atoms with Crippen LogP contribution in [0.1, 0.15) is 15.9 Å². The monoisotopic (exact) mass is 301 g/mol. The molecule has 2 aromatic carbocycles.